The Morgan fingerprint density at radius 3 is 2.92 bits per heavy atom. The fourth-order valence-electron chi connectivity index (χ4n) is 2.52. The first-order chi connectivity index (χ1) is 11.6. The summed E-state index contributed by atoms with van der Waals surface area (Å²) in [5, 5.41) is 14.3. The first kappa shape index (κ1) is 16.3. The van der Waals surface area contributed by atoms with E-state index in [2.05, 4.69) is 32.0 Å². The van der Waals surface area contributed by atoms with Gasteiger partial charge in [-0.05, 0) is 31.6 Å². The fourth-order valence-corrected chi connectivity index (χ4v) is 3.39. The molecule has 3 aromatic rings. The average Bonchev–Trinajstić information content (AvgIpc) is 3.04. The van der Waals surface area contributed by atoms with Gasteiger partial charge in [-0.3, -0.25) is 0 Å². The summed E-state index contributed by atoms with van der Waals surface area (Å²) in [6, 6.07) is 7.86. The lowest BCUT2D eigenvalue weighted by molar-refractivity contribution is 0.425. The van der Waals surface area contributed by atoms with Gasteiger partial charge in [-0.25, -0.2) is 4.98 Å². The van der Waals surface area contributed by atoms with Gasteiger partial charge in [-0.1, -0.05) is 17.4 Å². The summed E-state index contributed by atoms with van der Waals surface area (Å²) in [5.74, 6) is 1.09. The zero-order valence-corrected chi connectivity index (χ0v) is 14.4. The van der Waals surface area contributed by atoms with Crippen molar-refractivity contribution in [2.24, 2.45) is 16.1 Å². The Balaban J connectivity index is 2.07. The lowest BCUT2D eigenvalue weighted by Gasteiger charge is -2.12. The molecule has 8 heteroatoms. The molecule has 0 amide bonds. The van der Waals surface area contributed by atoms with Crippen LogP contribution in [0.1, 0.15) is 5.56 Å². The van der Waals surface area contributed by atoms with Crippen LogP contribution in [-0.4, -0.2) is 42.9 Å². The van der Waals surface area contributed by atoms with E-state index in [1.54, 1.807) is 11.3 Å². The molecule has 3 rings (SSSR count). The Kier molecular flexibility index (Phi) is 4.68. The zero-order chi connectivity index (χ0) is 17.1. The molecular formula is C16H19N7S. The number of benzene rings is 1. The summed E-state index contributed by atoms with van der Waals surface area (Å²) in [4.78, 5) is 6.89. The number of aromatic nitrogens is 1. The number of anilines is 1. The Morgan fingerprint density at radius 2 is 2.17 bits per heavy atom. The van der Waals surface area contributed by atoms with Crippen LogP contribution in [0.3, 0.4) is 0 Å². The Bertz CT molecular complexity index is 913. The molecule has 0 atom stereocenters. The van der Waals surface area contributed by atoms with Crippen LogP contribution in [0.2, 0.25) is 0 Å². The molecule has 4 N–H and O–H groups in total. The summed E-state index contributed by atoms with van der Waals surface area (Å²) in [5.41, 5.74) is 14.2. The molecule has 0 radical (unpaired) electrons. The number of fused-ring (bicyclic) bond motifs is 3. The molecule has 0 saturated carbocycles. The van der Waals surface area contributed by atoms with Crippen molar-refractivity contribution in [3.05, 3.63) is 35.2 Å². The molecule has 2 aromatic heterocycles. The number of amidine groups is 1. The highest BCUT2D eigenvalue weighted by Gasteiger charge is 2.11. The monoisotopic (exact) mass is 341 g/mol. The number of likely N-dealkylation sites (N-methyl/N-ethyl adjacent to an activating group) is 1. The number of nitrogens with two attached hydrogens (primary N) is 1. The first-order valence-corrected chi connectivity index (χ1v) is 8.38. The molecule has 0 bridgehead atoms. The van der Waals surface area contributed by atoms with Crippen LogP contribution >= 0.6 is 11.3 Å². The molecule has 7 nitrogen and oxygen atoms in total. The molecule has 24 heavy (non-hydrogen) atoms. The van der Waals surface area contributed by atoms with Gasteiger partial charge in [0.25, 0.3) is 0 Å². The van der Waals surface area contributed by atoms with Crippen LogP contribution in [0.15, 0.2) is 40.0 Å². The highest BCUT2D eigenvalue weighted by Crippen LogP contribution is 2.33. The third-order valence-corrected chi connectivity index (χ3v) is 4.63. The van der Waals surface area contributed by atoms with E-state index in [4.69, 9.17) is 16.2 Å². The zero-order valence-electron chi connectivity index (χ0n) is 13.6. The van der Waals surface area contributed by atoms with Crippen molar-refractivity contribution >= 4 is 44.0 Å². The van der Waals surface area contributed by atoms with Crippen molar-refractivity contribution in [2.75, 3.05) is 32.5 Å². The molecule has 124 valence electrons. The van der Waals surface area contributed by atoms with Crippen molar-refractivity contribution in [1.29, 1.82) is 5.53 Å². The van der Waals surface area contributed by atoms with Crippen LogP contribution < -0.4 is 11.1 Å². The second kappa shape index (κ2) is 6.90. The van der Waals surface area contributed by atoms with Gasteiger partial charge in [0.2, 0.25) is 0 Å². The maximum Gasteiger partial charge on any atom is 0.155 e. The maximum absolute atomic E-state index is 6.81. The third-order valence-electron chi connectivity index (χ3n) is 3.71. The molecule has 0 spiro atoms. The topological polar surface area (TPSA) is 103 Å². The Morgan fingerprint density at radius 1 is 1.33 bits per heavy atom. The minimum absolute atomic E-state index is 0.209. The average molecular weight is 341 g/mol. The number of nitrogens with one attached hydrogen (secondary N) is 2. The number of pyridine rings is 1. The number of rotatable bonds is 6. The van der Waals surface area contributed by atoms with E-state index in [0.717, 1.165) is 34.5 Å². The maximum atomic E-state index is 6.81. The van der Waals surface area contributed by atoms with E-state index in [-0.39, 0.29) is 5.84 Å². The van der Waals surface area contributed by atoms with Gasteiger partial charge in [-0.2, -0.15) is 5.53 Å². The standard InChI is InChI=1S/C16H19N7S/c1-23(2)7-6-19-16-14-12(5-8-24-14)11-4-3-10(9-13(11)20-16)15(17)21-22-18/h3-5,8-9H,6-7H2,1-2H3,(H,19,20)(H3,17,18,21). The van der Waals surface area contributed by atoms with E-state index in [1.807, 2.05) is 32.3 Å². The van der Waals surface area contributed by atoms with Crippen molar-refractivity contribution in [2.45, 2.75) is 0 Å². The van der Waals surface area contributed by atoms with Crippen molar-refractivity contribution < 1.29 is 0 Å². The van der Waals surface area contributed by atoms with E-state index in [0.29, 0.717) is 5.56 Å². The van der Waals surface area contributed by atoms with E-state index in [1.165, 1.54) is 5.39 Å². The van der Waals surface area contributed by atoms with Gasteiger partial charge >= 0.3 is 0 Å². The Hall–Kier alpha value is -2.58. The highest BCUT2D eigenvalue weighted by atomic mass is 32.1. The quantitative estimate of drug-likeness (QED) is 0.277. The highest BCUT2D eigenvalue weighted by molar-refractivity contribution is 7.18. The van der Waals surface area contributed by atoms with Gasteiger partial charge < -0.3 is 16.0 Å². The predicted octanol–water partition coefficient (Wildman–Crippen LogP) is 3.07. The van der Waals surface area contributed by atoms with Gasteiger partial charge in [0.05, 0.1) is 10.2 Å². The van der Waals surface area contributed by atoms with E-state index < -0.39 is 0 Å². The van der Waals surface area contributed by atoms with Crippen molar-refractivity contribution in [3.63, 3.8) is 0 Å². The van der Waals surface area contributed by atoms with Crippen molar-refractivity contribution in [3.8, 4) is 0 Å². The van der Waals surface area contributed by atoms with Gasteiger partial charge in [-0.15, -0.1) is 16.4 Å². The number of hydrogen-bond donors (Lipinski definition) is 3. The molecule has 0 fully saturated rings. The van der Waals surface area contributed by atoms with Gasteiger partial charge in [0.1, 0.15) is 5.82 Å². The molecule has 0 aliphatic carbocycles. The largest absolute Gasteiger partial charge is 0.382 e. The van der Waals surface area contributed by atoms with Crippen LogP contribution in [0.25, 0.3) is 21.0 Å². The Labute approximate surface area is 143 Å². The lowest BCUT2D eigenvalue weighted by Crippen LogP contribution is -2.21. The number of thiophene rings is 1. The van der Waals surface area contributed by atoms with Crippen molar-refractivity contribution in [1.82, 2.24) is 9.88 Å². The second-order valence-corrected chi connectivity index (χ2v) is 6.59. The van der Waals surface area contributed by atoms with Crippen LogP contribution in [0.5, 0.6) is 0 Å². The number of hydrogen-bond acceptors (Lipinski definition) is 6. The summed E-state index contributed by atoms with van der Waals surface area (Å²) in [6.45, 7) is 1.75. The molecule has 2 heterocycles. The van der Waals surface area contributed by atoms with Crippen LogP contribution in [-0.2, 0) is 0 Å². The fraction of sp³-hybridized carbons (Fsp3) is 0.250. The third kappa shape index (κ3) is 3.19. The van der Waals surface area contributed by atoms with Crippen LogP contribution in [0, 0.1) is 5.53 Å². The predicted molar refractivity (Wildman–Crippen MR) is 100 cm³/mol. The molecule has 0 saturated heterocycles. The summed E-state index contributed by atoms with van der Waals surface area (Å²) in [6.07, 6.45) is 0. The minimum Gasteiger partial charge on any atom is -0.382 e. The summed E-state index contributed by atoms with van der Waals surface area (Å²) < 4.78 is 1.15. The van der Waals surface area contributed by atoms with Gasteiger partial charge in [0.15, 0.2) is 5.84 Å². The lowest BCUT2D eigenvalue weighted by atomic mass is 10.1. The summed E-state index contributed by atoms with van der Waals surface area (Å²) >= 11 is 1.68. The molecule has 1 aromatic carbocycles. The summed E-state index contributed by atoms with van der Waals surface area (Å²) in [7, 11) is 4.09. The van der Waals surface area contributed by atoms with E-state index >= 15 is 0 Å². The first-order valence-electron chi connectivity index (χ1n) is 7.50. The normalized spacial score (nSPS) is 12.2. The number of nitrogens with zero attached hydrogens (tertiary/aromatic N) is 4. The molecule has 0 aliphatic rings. The molecular weight excluding hydrogens is 322 g/mol. The van der Waals surface area contributed by atoms with Gasteiger partial charge in [0, 0.05) is 29.4 Å². The molecule has 0 unspecified atom stereocenters. The smallest absolute Gasteiger partial charge is 0.155 e. The van der Waals surface area contributed by atoms with E-state index in [9.17, 15) is 0 Å². The SMILES string of the molecule is CN(C)CCNc1nc2cc(/C(N)=N/N=N)ccc2c2ccsc12. The minimum atomic E-state index is 0.209. The second-order valence-electron chi connectivity index (χ2n) is 5.67. The van der Waals surface area contributed by atoms with Crippen LogP contribution in [0.4, 0.5) is 5.82 Å². The molecule has 0 aliphatic heterocycles.